The highest BCUT2D eigenvalue weighted by molar-refractivity contribution is 6.03. The summed E-state index contributed by atoms with van der Waals surface area (Å²) in [6.07, 6.45) is 4.83. The van der Waals surface area contributed by atoms with Gasteiger partial charge in [-0.05, 0) is 39.8 Å². The molecule has 0 amide bonds. The molecule has 0 unspecified atom stereocenters. The smallest absolute Gasteiger partial charge is 0.342 e. The van der Waals surface area contributed by atoms with Crippen LogP contribution in [0.15, 0.2) is 9.21 Å². The summed E-state index contributed by atoms with van der Waals surface area (Å²) >= 11 is 0. The molecule has 1 N–H and O–H groups in total. The first kappa shape index (κ1) is 16.7. The van der Waals surface area contributed by atoms with Crippen LogP contribution in [0.1, 0.15) is 54.5 Å². The molecule has 3 rings (SSSR count). The number of esters is 1. The maximum atomic E-state index is 12.5. The van der Waals surface area contributed by atoms with Crippen LogP contribution in [0, 0.1) is 6.92 Å². The number of hydrogen-bond donors (Lipinski definition) is 1. The zero-order valence-electron chi connectivity index (χ0n) is 14.2. The molecule has 24 heavy (non-hydrogen) atoms. The number of nitrogens with one attached hydrogen (secondary N) is 1. The quantitative estimate of drug-likeness (QED) is 0.864. The van der Waals surface area contributed by atoms with Gasteiger partial charge in [0.2, 0.25) is 5.71 Å². The first-order valence-electron chi connectivity index (χ1n) is 8.52. The summed E-state index contributed by atoms with van der Waals surface area (Å²) in [5.74, 6) is 0.369. The summed E-state index contributed by atoms with van der Waals surface area (Å²) < 4.78 is 10.6. The van der Waals surface area contributed by atoms with Gasteiger partial charge in [0.1, 0.15) is 22.5 Å². The van der Waals surface area contributed by atoms with Crippen molar-refractivity contribution in [1.29, 1.82) is 0 Å². The van der Waals surface area contributed by atoms with E-state index >= 15 is 0 Å². The van der Waals surface area contributed by atoms with E-state index in [9.17, 15) is 9.59 Å². The fourth-order valence-corrected chi connectivity index (χ4v) is 3.19. The van der Waals surface area contributed by atoms with Crippen LogP contribution < -0.4 is 5.56 Å². The Hall–Kier alpha value is -2.15. The predicted molar refractivity (Wildman–Crippen MR) is 89.1 cm³/mol. The Balaban J connectivity index is 1.93. The summed E-state index contributed by atoms with van der Waals surface area (Å²) in [6.45, 7) is 6.20. The van der Waals surface area contributed by atoms with Gasteiger partial charge in [0.15, 0.2) is 0 Å². The lowest BCUT2D eigenvalue weighted by molar-refractivity contribution is 0.0526. The predicted octanol–water partition coefficient (Wildman–Crippen LogP) is 2.38. The topological polar surface area (TPSA) is 88.4 Å². The van der Waals surface area contributed by atoms with E-state index in [-0.39, 0.29) is 28.8 Å². The fourth-order valence-electron chi connectivity index (χ4n) is 3.19. The van der Waals surface area contributed by atoms with Gasteiger partial charge >= 0.3 is 5.97 Å². The molecule has 1 fully saturated rings. The third kappa shape index (κ3) is 3.36. The number of aromatic nitrogens is 2. The van der Waals surface area contributed by atoms with Crippen LogP contribution >= 0.6 is 0 Å². The van der Waals surface area contributed by atoms with Crippen LogP contribution in [0.2, 0.25) is 0 Å². The van der Waals surface area contributed by atoms with Crippen molar-refractivity contribution in [2.45, 2.75) is 46.1 Å². The van der Waals surface area contributed by atoms with Gasteiger partial charge in [-0.15, -0.1) is 0 Å². The van der Waals surface area contributed by atoms with E-state index in [2.05, 4.69) is 14.9 Å². The minimum Gasteiger partial charge on any atom is -0.462 e. The normalized spacial score (nSPS) is 16.2. The fraction of sp³-hybridized carbons (Fsp3) is 0.588. The van der Waals surface area contributed by atoms with Crippen molar-refractivity contribution in [3.63, 3.8) is 0 Å². The number of hydrogen-bond acceptors (Lipinski definition) is 6. The van der Waals surface area contributed by atoms with E-state index in [0.29, 0.717) is 18.1 Å². The van der Waals surface area contributed by atoms with Crippen LogP contribution in [-0.4, -0.2) is 40.5 Å². The van der Waals surface area contributed by atoms with Crippen molar-refractivity contribution in [2.24, 2.45) is 0 Å². The number of rotatable bonds is 4. The highest BCUT2D eigenvalue weighted by atomic mass is 16.5. The molecule has 130 valence electrons. The summed E-state index contributed by atoms with van der Waals surface area (Å²) in [5, 5.41) is 0.172. The first-order valence-corrected chi connectivity index (χ1v) is 8.52. The van der Waals surface area contributed by atoms with Gasteiger partial charge in [0.05, 0.1) is 13.2 Å². The Morgan fingerprint density at radius 2 is 2.00 bits per heavy atom. The Morgan fingerprint density at radius 1 is 1.29 bits per heavy atom. The zero-order valence-corrected chi connectivity index (χ0v) is 14.2. The number of nitrogens with zero attached hydrogens (tertiary/aromatic N) is 2. The van der Waals surface area contributed by atoms with E-state index in [1.807, 2.05) is 0 Å². The third-order valence-corrected chi connectivity index (χ3v) is 4.34. The molecule has 0 aliphatic carbocycles. The van der Waals surface area contributed by atoms with E-state index < -0.39 is 5.97 Å². The Kier molecular flexibility index (Phi) is 4.99. The molecule has 0 saturated carbocycles. The van der Waals surface area contributed by atoms with Gasteiger partial charge in [-0.25, -0.2) is 4.79 Å². The molecule has 1 aliphatic heterocycles. The summed E-state index contributed by atoms with van der Waals surface area (Å²) in [5.41, 5.74) is 0.00997. The molecular weight excluding hydrogens is 310 g/mol. The van der Waals surface area contributed by atoms with Gasteiger partial charge in [-0.3, -0.25) is 9.69 Å². The van der Waals surface area contributed by atoms with Crippen LogP contribution in [0.5, 0.6) is 0 Å². The lowest BCUT2D eigenvalue weighted by Gasteiger charge is -2.18. The molecule has 7 heteroatoms. The number of likely N-dealkylation sites (tertiary alicyclic amines) is 1. The van der Waals surface area contributed by atoms with Crippen molar-refractivity contribution in [2.75, 3.05) is 19.7 Å². The summed E-state index contributed by atoms with van der Waals surface area (Å²) in [7, 11) is 0. The molecule has 2 aromatic heterocycles. The van der Waals surface area contributed by atoms with Crippen LogP contribution in [0.25, 0.3) is 11.1 Å². The first-order chi connectivity index (χ1) is 11.6. The SMILES string of the molecule is CCOC(=O)c1c(C)oc2nc(CN3CCCCCC3)[nH]c(=O)c12. The number of aryl methyl sites for hydroxylation is 1. The van der Waals surface area contributed by atoms with Gasteiger partial charge in [0, 0.05) is 0 Å². The number of carbonyl (C=O) groups excluding carboxylic acids is 1. The standard InChI is InChI=1S/C17H23N3O4/c1-3-23-17(22)13-11(2)24-16-14(13)15(21)18-12(19-16)10-20-8-6-4-5-7-9-20/h3-10H2,1-2H3,(H,18,19,21). The van der Waals surface area contributed by atoms with E-state index in [0.717, 1.165) is 13.1 Å². The van der Waals surface area contributed by atoms with Crippen LogP contribution in [-0.2, 0) is 11.3 Å². The van der Waals surface area contributed by atoms with Crippen LogP contribution in [0.4, 0.5) is 0 Å². The van der Waals surface area contributed by atoms with Crippen molar-refractivity contribution < 1.29 is 13.9 Å². The maximum absolute atomic E-state index is 12.5. The van der Waals surface area contributed by atoms with Crippen molar-refractivity contribution in [1.82, 2.24) is 14.9 Å². The molecule has 0 bridgehead atoms. The average Bonchev–Trinajstić information content (AvgIpc) is 2.70. The highest BCUT2D eigenvalue weighted by Gasteiger charge is 2.24. The third-order valence-electron chi connectivity index (χ3n) is 4.34. The highest BCUT2D eigenvalue weighted by Crippen LogP contribution is 2.22. The minimum absolute atomic E-state index is 0.168. The van der Waals surface area contributed by atoms with Crippen molar-refractivity contribution in [3.8, 4) is 0 Å². The molecule has 2 aromatic rings. The van der Waals surface area contributed by atoms with Crippen molar-refractivity contribution >= 4 is 17.1 Å². The number of carbonyl (C=O) groups is 1. The van der Waals surface area contributed by atoms with Gasteiger partial charge in [0.25, 0.3) is 5.56 Å². The molecule has 0 aromatic carbocycles. The molecule has 1 saturated heterocycles. The average molecular weight is 333 g/mol. The molecule has 1 aliphatic rings. The number of ether oxygens (including phenoxy) is 1. The summed E-state index contributed by atoms with van der Waals surface area (Å²) in [6, 6.07) is 0. The summed E-state index contributed by atoms with van der Waals surface area (Å²) in [4.78, 5) is 34.0. The number of aromatic amines is 1. The molecule has 0 radical (unpaired) electrons. The second kappa shape index (κ2) is 7.17. The lowest BCUT2D eigenvalue weighted by Crippen LogP contribution is -2.26. The molecular formula is C17H23N3O4. The van der Waals surface area contributed by atoms with E-state index in [1.54, 1.807) is 13.8 Å². The Labute approximate surface area is 140 Å². The van der Waals surface area contributed by atoms with Gasteiger partial charge in [-0.1, -0.05) is 12.8 Å². The zero-order chi connectivity index (χ0) is 17.1. The van der Waals surface area contributed by atoms with Gasteiger partial charge < -0.3 is 14.1 Å². The second-order valence-electron chi connectivity index (χ2n) is 6.14. The maximum Gasteiger partial charge on any atom is 0.342 e. The molecule has 0 spiro atoms. The minimum atomic E-state index is -0.554. The Morgan fingerprint density at radius 3 is 2.67 bits per heavy atom. The van der Waals surface area contributed by atoms with Crippen molar-refractivity contribution in [3.05, 3.63) is 27.5 Å². The van der Waals surface area contributed by atoms with E-state index in [4.69, 9.17) is 9.15 Å². The molecule has 7 nitrogen and oxygen atoms in total. The Bertz CT molecular complexity index is 785. The second-order valence-corrected chi connectivity index (χ2v) is 6.14. The molecule has 3 heterocycles. The molecule has 0 atom stereocenters. The van der Waals surface area contributed by atoms with E-state index in [1.165, 1.54) is 25.7 Å². The lowest BCUT2D eigenvalue weighted by atomic mass is 10.2. The number of furan rings is 1. The van der Waals surface area contributed by atoms with Crippen LogP contribution in [0.3, 0.4) is 0 Å². The number of fused-ring (bicyclic) bond motifs is 1. The monoisotopic (exact) mass is 333 g/mol. The van der Waals surface area contributed by atoms with Gasteiger partial charge in [-0.2, -0.15) is 4.98 Å². The number of H-pyrrole nitrogens is 1. The largest absolute Gasteiger partial charge is 0.462 e.